The number of nitrogens with one attached hydrogen (secondary N) is 1. The van der Waals surface area contributed by atoms with Gasteiger partial charge in [0.25, 0.3) is 0 Å². The van der Waals surface area contributed by atoms with Crippen LogP contribution in [0.2, 0.25) is 10.0 Å². The van der Waals surface area contributed by atoms with E-state index in [4.69, 9.17) is 27.9 Å². The monoisotopic (exact) mass is 311 g/mol. The zero-order chi connectivity index (χ0) is 14.5. The summed E-state index contributed by atoms with van der Waals surface area (Å²) in [6.07, 6.45) is 0. The first-order valence-corrected chi connectivity index (χ1v) is 7.00. The quantitative estimate of drug-likeness (QED) is 0.903. The number of benzene rings is 1. The molecule has 0 aliphatic rings. The van der Waals surface area contributed by atoms with Gasteiger partial charge in [0, 0.05) is 24.4 Å². The van der Waals surface area contributed by atoms with Crippen molar-refractivity contribution in [2.45, 2.75) is 20.5 Å². The van der Waals surface area contributed by atoms with Crippen LogP contribution in [0.15, 0.2) is 24.3 Å². The Bertz CT molecular complexity index is 605. The molecule has 0 aliphatic heterocycles. The maximum absolute atomic E-state index is 5.93. The van der Waals surface area contributed by atoms with E-state index in [1.807, 2.05) is 19.9 Å². The summed E-state index contributed by atoms with van der Waals surface area (Å²) in [6, 6.07) is 7.02. The predicted molar refractivity (Wildman–Crippen MR) is 81.7 cm³/mol. The van der Waals surface area contributed by atoms with E-state index < -0.39 is 0 Å². The molecule has 1 aromatic heterocycles. The predicted octanol–water partition coefficient (Wildman–Crippen LogP) is 4.10. The summed E-state index contributed by atoms with van der Waals surface area (Å²) < 4.78 is 5.62. The second kappa shape index (κ2) is 6.77. The van der Waals surface area contributed by atoms with Gasteiger partial charge in [-0.05, 0) is 26.0 Å². The number of anilines is 1. The lowest BCUT2D eigenvalue weighted by Crippen LogP contribution is -2.07. The Hall–Kier alpha value is -1.52. The molecule has 1 N–H and O–H groups in total. The van der Waals surface area contributed by atoms with Gasteiger partial charge in [-0.15, -0.1) is 0 Å². The number of halogens is 2. The van der Waals surface area contributed by atoms with Crippen LogP contribution in [0.5, 0.6) is 5.75 Å². The number of aryl methyl sites for hydroxylation is 1. The van der Waals surface area contributed by atoms with Gasteiger partial charge in [-0.1, -0.05) is 23.2 Å². The lowest BCUT2D eigenvalue weighted by atomic mass is 10.3. The second-order valence-corrected chi connectivity index (χ2v) is 5.02. The van der Waals surface area contributed by atoms with Crippen LogP contribution in [0.25, 0.3) is 0 Å². The van der Waals surface area contributed by atoms with Crippen molar-refractivity contribution in [2.24, 2.45) is 0 Å². The van der Waals surface area contributed by atoms with Crippen molar-refractivity contribution in [3.8, 4) is 5.75 Å². The zero-order valence-electron chi connectivity index (χ0n) is 11.3. The largest absolute Gasteiger partial charge is 0.486 e. The standard InChI is InChI=1S/C14H15Cl2N3O/c1-3-17-13-6-9(2)18-14(19-13)8-20-10-4-5-11(15)12(16)7-10/h4-7H,3,8H2,1-2H3,(H,17,18,19). The molecule has 0 unspecified atom stereocenters. The molecule has 6 heteroatoms. The number of nitrogens with zero attached hydrogens (tertiary/aromatic N) is 2. The van der Waals surface area contributed by atoms with Crippen LogP contribution in [0, 0.1) is 6.92 Å². The van der Waals surface area contributed by atoms with Crippen molar-refractivity contribution < 1.29 is 4.74 Å². The third kappa shape index (κ3) is 3.99. The Balaban J connectivity index is 2.08. The number of aromatic nitrogens is 2. The van der Waals surface area contributed by atoms with Crippen LogP contribution in [0.3, 0.4) is 0 Å². The average molecular weight is 312 g/mol. The first kappa shape index (κ1) is 14.9. The fourth-order valence-electron chi connectivity index (χ4n) is 1.68. The first-order valence-electron chi connectivity index (χ1n) is 6.24. The maximum Gasteiger partial charge on any atom is 0.168 e. The average Bonchev–Trinajstić information content (AvgIpc) is 2.40. The van der Waals surface area contributed by atoms with Gasteiger partial charge < -0.3 is 10.1 Å². The van der Waals surface area contributed by atoms with Gasteiger partial charge in [-0.3, -0.25) is 0 Å². The summed E-state index contributed by atoms with van der Waals surface area (Å²) in [6.45, 7) is 5.02. The zero-order valence-corrected chi connectivity index (χ0v) is 12.8. The molecule has 4 nitrogen and oxygen atoms in total. The van der Waals surface area contributed by atoms with Crippen LogP contribution in [0.1, 0.15) is 18.4 Å². The van der Waals surface area contributed by atoms with E-state index in [9.17, 15) is 0 Å². The third-order valence-electron chi connectivity index (χ3n) is 2.52. The number of hydrogen-bond acceptors (Lipinski definition) is 4. The van der Waals surface area contributed by atoms with Gasteiger partial charge >= 0.3 is 0 Å². The Morgan fingerprint density at radius 2 is 1.95 bits per heavy atom. The van der Waals surface area contributed by atoms with Gasteiger partial charge in [0.2, 0.25) is 0 Å². The number of ether oxygens (including phenoxy) is 1. The van der Waals surface area contributed by atoms with E-state index in [0.717, 1.165) is 18.1 Å². The van der Waals surface area contributed by atoms with Gasteiger partial charge in [-0.25, -0.2) is 9.97 Å². The van der Waals surface area contributed by atoms with Crippen molar-refractivity contribution in [3.05, 3.63) is 45.8 Å². The molecule has 2 rings (SSSR count). The Morgan fingerprint density at radius 3 is 2.65 bits per heavy atom. The molecule has 0 atom stereocenters. The summed E-state index contributed by atoms with van der Waals surface area (Å²) in [7, 11) is 0. The minimum absolute atomic E-state index is 0.276. The fraction of sp³-hybridized carbons (Fsp3) is 0.286. The molecule has 0 bridgehead atoms. The SMILES string of the molecule is CCNc1cc(C)nc(COc2ccc(Cl)c(Cl)c2)n1. The van der Waals surface area contributed by atoms with Crippen LogP contribution in [-0.2, 0) is 6.61 Å². The number of hydrogen-bond donors (Lipinski definition) is 1. The van der Waals surface area contributed by atoms with Crippen molar-refractivity contribution in [1.82, 2.24) is 9.97 Å². The molecule has 0 spiro atoms. The van der Waals surface area contributed by atoms with Crippen LogP contribution < -0.4 is 10.1 Å². The van der Waals surface area contributed by atoms with Crippen molar-refractivity contribution >= 4 is 29.0 Å². The van der Waals surface area contributed by atoms with Crippen LogP contribution in [-0.4, -0.2) is 16.5 Å². The highest BCUT2D eigenvalue weighted by Gasteiger charge is 2.05. The van der Waals surface area contributed by atoms with Gasteiger partial charge in [0.15, 0.2) is 5.82 Å². The highest BCUT2D eigenvalue weighted by atomic mass is 35.5. The molecule has 0 amide bonds. The molecule has 1 heterocycles. The normalized spacial score (nSPS) is 10.4. The Morgan fingerprint density at radius 1 is 1.15 bits per heavy atom. The smallest absolute Gasteiger partial charge is 0.168 e. The number of rotatable bonds is 5. The molecular formula is C14H15Cl2N3O. The van der Waals surface area contributed by atoms with E-state index >= 15 is 0 Å². The fourth-order valence-corrected chi connectivity index (χ4v) is 1.97. The third-order valence-corrected chi connectivity index (χ3v) is 3.26. The van der Waals surface area contributed by atoms with E-state index in [0.29, 0.717) is 21.6 Å². The van der Waals surface area contributed by atoms with Gasteiger partial charge in [0.05, 0.1) is 10.0 Å². The highest BCUT2D eigenvalue weighted by Crippen LogP contribution is 2.26. The summed E-state index contributed by atoms with van der Waals surface area (Å²) in [4.78, 5) is 8.71. The molecule has 106 valence electrons. The van der Waals surface area contributed by atoms with Crippen molar-refractivity contribution in [1.29, 1.82) is 0 Å². The maximum atomic E-state index is 5.93. The van der Waals surface area contributed by atoms with Crippen LogP contribution in [0.4, 0.5) is 5.82 Å². The minimum Gasteiger partial charge on any atom is -0.486 e. The molecular weight excluding hydrogens is 297 g/mol. The lowest BCUT2D eigenvalue weighted by molar-refractivity contribution is 0.295. The summed E-state index contributed by atoms with van der Waals surface area (Å²) in [5, 5.41) is 4.12. The van der Waals surface area contributed by atoms with E-state index in [-0.39, 0.29) is 6.61 Å². The van der Waals surface area contributed by atoms with Crippen molar-refractivity contribution in [2.75, 3.05) is 11.9 Å². The van der Waals surface area contributed by atoms with Crippen LogP contribution >= 0.6 is 23.2 Å². The summed E-state index contributed by atoms with van der Waals surface area (Å²) in [5.74, 6) is 2.05. The Kier molecular flexibility index (Phi) is 5.04. The van der Waals surface area contributed by atoms with E-state index in [2.05, 4.69) is 15.3 Å². The highest BCUT2D eigenvalue weighted by molar-refractivity contribution is 6.42. The molecule has 0 radical (unpaired) electrons. The molecule has 0 fully saturated rings. The topological polar surface area (TPSA) is 47.0 Å². The second-order valence-electron chi connectivity index (χ2n) is 4.21. The van der Waals surface area contributed by atoms with Gasteiger partial charge in [-0.2, -0.15) is 0 Å². The van der Waals surface area contributed by atoms with Crippen molar-refractivity contribution in [3.63, 3.8) is 0 Å². The van der Waals surface area contributed by atoms with E-state index in [1.54, 1.807) is 18.2 Å². The molecule has 0 saturated carbocycles. The lowest BCUT2D eigenvalue weighted by Gasteiger charge is -2.09. The van der Waals surface area contributed by atoms with E-state index in [1.165, 1.54) is 0 Å². The molecule has 2 aromatic rings. The molecule has 20 heavy (non-hydrogen) atoms. The van der Waals surface area contributed by atoms with Gasteiger partial charge in [0.1, 0.15) is 18.2 Å². The molecule has 0 saturated heterocycles. The summed E-state index contributed by atoms with van der Waals surface area (Å²) in [5.41, 5.74) is 0.892. The first-order chi connectivity index (χ1) is 9.58. The molecule has 0 aliphatic carbocycles. The minimum atomic E-state index is 0.276. The Labute approximate surface area is 128 Å². The molecule has 1 aromatic carbocycles. The summed E-state index contributed by atoms with van der Waals surface area (Å²) >= 11 is 11.8.